The molecule has 0 saturated carbocycles. The van der Waals surface area contributed by atoms with Crippen LogP contribution in [0.2, 0.25) is 0 Å². The van der Waals surface area contributed by atoms with Crippen molar-refractivity contribution in [1.82, 2.24) is 9.80 Å². The summed E-state index contributed by atoms with van der Waals surface area (Å²) in [5.41, 5.74) is 1.28. The van der Waals surface area contributed by atoms with Gasteiger partial charge in [0, 0.05) is 30.4 Å². The van der Waals surface area contributed by atoms with E-state index in [4.69, 9.17) is 5.11 Å². The summed E-state index contributed by atoms with van der Waals surface area (Å²) in [6.45, 7) is 4.93. The number of carboxylic acids is 1. The van der Waals surface area contributed by atoms with Gasteiger partial charge in [-0.05, 0) is 58.0 Å². The summed E-state index contributed by atoms with van der Waals surface area (Å²) in [6, 6.07) is 6.83. The van der Waals surface area contributed by atoms with Crippen LogP contribution in [0.15, 0.2) is 24.3 Å². The Hall–Kier alpha value is -1.96. The highest BCUT2D eigenvalue weighted by Crippen LogP contribution is 2.18. The third-order valence-corrected chi connectivity index (χ3v) is 4.99. The molecule has 0 radical (unpaired) electrons. The van der Waals surface area contributed by atoms with Crippen molar-refractivity contribution in [2.75, 3.05) is 32.0 Å². The molecule has 1 aliphatic heterocycles. The molecule has 1 aromatic carbocycles. The van der Waals surface area contributed by atoms with Crippen LogP contribution in [0.3, 0.4) is 0 Å². The predicted octanol–water partition coefficient (Wildman–Crippen LogP) is 2.12. The number of ketones is 1. The number of anilines is 1. The molecular formula is C19H28ClN3O4. The molecule has 27 heavy (non-hydrogen) atoms. The normalized spacial score (nSPS) is 16.4. The molecule has 1 fully saturated rings. The lowest BCUT2D eigenvalue weighted by Gasteiger charge is -2.38. The van der Waals surface area contributed by atoms with E-state index in [0.717, 1.165) is 25.9 Å². The molecule has 0 aliphatic carbocycles. The number of nitrogens with zero attached hydrogens (tertiary/aromatic N) is 2. The molecule has 2 rings (SSSR count). The van der Waals surface area contributed by atoms with Gasteiger partial charge in [-0.1, -0.05) is 0 Å². The van der Waals surface area contributed by atoms with Gasteiger partial charge >= 0.3 is 5.97 Å². The molecule has 150 valence electrons. The number of likely N-dealkylation sites (N-methyl/N-ethyl adjacent to an activating group) is 1. The lowest BCUT2D eigenvalue weighted by atomic mass is 10.0. The first-order valence-corrected chi connectivity index (χ1v) is 8.86. The van der Waals surface area contributed by atoms with E-state index in [9.17, 15) is 14.4 Å². The number of benzene rings is 1. The average molecular weight is 398 g/mol. The van der Waals surface area contributed by atoms with Crippen LogP contribution < -0.4 is 5.32 Å². The number of hydrogen-bond donors (Lipinski definition) is 2. The Labute approximate surface area is 166 Å². The minimum Gasteiger partial charge on any atom is -0.480 e. The summed E-state index contributed by atoms with van der Waals surface area (Å²) in [5.74, 6) is -0.914. The molecular weight excluding hydrogens is 370 g/mol. The van der Waals surface area contributed by atoms with E-state index in [0.29, 0.717) is 11.3 Å². The molecule has 7 nitrogen and oxygen atoms in total. The second-order valence-corrected chi connectivity index (χ2v) is 6.87. The second-order valence-electron chi connectivity index (χ2n) is 6.87. The largest absolute Gasteiger partial charge is 0.480 e. The van der Waals surface area contributed by atoms with Crippen LogP contribution in [0, 0.1) is 0 Å². The van der Waals surface area contributed by atoms with Gasteiger partial charge in [0.25, 0.3) is 0 Å². The summed E-state index contributed by atoms with van der Waals surface area (Å²) in [7, 11) is 1.83. The molecule has 1 heterocycles. The summed E-state index contributed by atoms with van der Waals surface area (Å²) in [4.78, 5) is 38.6. The first-order valence-electron chi connectivity index (χ1n) is 8.86. The van der Waals surface area contributed by atoms with Crippen LogP contribution in [0.25, 0.3) is 0 Å². The van der Waals surface area contributed by atoms with E-state index in [1.54, 1.807) is 24.3 Å². The van der Waals surface area contributed by atoms with E-state index in [1.165, 1.54) is 6.92 Å². The van der Waals surface area contributed by atoms with Gasteiger partial charge in [-0.15, -0.1) is 12.4 Å². The van der Waals surface area contributed by atoms with Crippen LogP contribution in [0.5, 0.6) is 0 Å². The Morgan fingerprint density at radius 2 is 1.78 bits per heavy atom. The summed E-state index contributed by atoms with van der Waals surface area (Å²) >= 11 is 0. The fourth-order valence-corrected chi connectivity index (χ4v) is 3.26. The highest BCUT2D eigenvalue weighted by molar-refractivity contribution is 5.97. The van der Waals surface area contributed by atoms with E-state index in [-0.39, 0.29) is 42.7 Å². The minimum absolute atomic E-state index is 0. The lowest BCUT2D eigenvalue weighted by molar-refractivity contribution is -0.138. The number of likely N-dealkylation sites (tertiary alicyclic amines) is 1. The Morgan fingerprint density at radius 1 is 1.22 bits per heavy atom. The quantitative estimate of drug-likeness (QED) is 0.685. The second kappa shape index (κ2) is 10.4. The molecule has 2 N–H and O–H groups in total. The third kappa shape index (κ3) is 6.61. The number of carbonyl (C=O) groups is 3. The molecule has 0 aromatic heterocycles. The molecule has 0 bridgehead atoms. The van der Waals surface area contributed by atoms with E-state index < -0.39 is 5.97 Å². The fraction of sp³-hybridized carbons (Fsp3) is 0.526. The number of hydrogen-bond acceptors (Lipinski definition) is 5. The fourth-order valence-electron chi connectivity index (χ4n) is 3.26. The van der Waals surface area contributed by atoms with Crippen LogP contribution >= 0.6 is 12.4 Å². The average Bonchev–Trinajstić information content (AvgIpc) is 2.61. The number of aliphatic carboxylic acids is 1. The summed E-state index contributed by atoms with van der Waals surface area (Å²) in [6.07, 6.45) is 1.68. The zero-order chi connectivity index (χ0) is 19.3. The maximum absolute atomic E-state index is 12.5. The van der Waals surface area contributed by atoms with Gasteiger partial charge in [0.15, 0.2) is 5.78 Å². The highest BCUT2D eigenvalue weighted by atomic mass is 35.5. The zero-order valence-electron chi connectivity index (χ0n) is 16.0. The van der Waals surface area contributed by atoms with Crippen LogP contribution in [0.4, 0.5) is 5.69 Å². The van der Waals surface area contributed by atoms with Crippen molar-refractivity contribution < 1.29 is 19.5 Å². The van der Waals surface area contributed by atoms with Gasteiger partial charge in [0.2, 0.25) is 5.91 Å². The van der Waals surface area contributed by atoms with Gasteiger partial charge in [-0.3, -0.25) is 24.2 Å². The van der Waals surface area contributed by atoms with Crippen molar-refractivity contribution in [3.63, 3.8) is 0 Å². The summed E-state index contributed by atoms with van der Waals surface area (Å²) in [5, 5.41) is 11.8. The maximum atomic E-state index is 12.5. The molecule has 1 atom stereocenters. The van der Waals surface area contributed by atoms with E-state index in [1.807, 2.05) is 18.9 Å². The molecule has 1 aliphatic rings. The first kappa shape index (κ1) is 23.1. The number of halogens is 1. The number of carbonyl (C=O) groups excluding carboxylic acids is 2. The molecule has 8 heteroatoms. The number of Topliss-reactive ketones (excluding diaryl/α,β-unsaturated/α-hetero) is 1. The molecule has 0 spiro atoms. The topological polar surface area (TPSA) is 90.0 Å². The van der Waals surface area contributed by atoms with Crippen molar-refractivity contribution in [3.05, 3.63) is 29.8 Å². The summed E-state index contributed by atoms with van der Waals surface area (Å²) < 4.78 is 0. The molecule has 1 aromatic rings. The van der Waals surface area contributed by atoms with E-state index in [2.05, 4.69) is 10.2 Å². The number of piperidine rings is 1. The zero-order valence-corrected chi connectivity index (χ0v) is 16.8. The smallest absolute Gasteiger partial charge is 0.317 e. The molecule has 1 saturated heterocycles. The maximum Gasteiger partial charge on any atom is 0.317 e. The van der Waals surface area contributed by atoms with Crippen molar-refractivity contribution in [1.29, 1.82) is 0 Å². The Bertz CT molecular complexity index is 657. The van der Waals surface area contributed by atoms with Crippen LogP contribution in [-0.4, -0.2) is 71.3 Å². The monoisotopic (exact) mass is 397 g/mol. The number of nitrogens with one attached hydrogen (secondary N) is 1. The van der Waals surface area contributed by atoms with Gasteiger partial charge in [0.1, 0.15) is 0 Å². The van der Waals surface area contributed by atoms with Gasteiger partial charge in [-0.25, -0.2) is 0 Å². The van der Waals surface area contributed by atoms with E-state index >= 15 is 0 Å². The SMILES string of the molecule is CC(=O)c1ccc(NC(=O)C(C)N2CCC(N(C)CC(=O)O)CC2)cc1.Cl. The lowest BCUT2D eigenvalue weighted by Crippen LogP contribution is -2.50. The third-order valence-electron chi connectivity index (χ3n) is 4.99. The number of carboxylic acid groups (broad SMARTS) is 1. The first-order chi connectivity index (χ1) is 12.3. The Morgan fingerprint density at radius 3 is 2.26 bits per heavy atom. The van der Waals surface area contributed by atoms with Crippen molar-refractivity contribution in [2.24, 2.45) is 0 Å². The van der Waals surface area contributed by atoms with Crippen LogP contribution in [-0.2, 0) is 9.59 Å². The Balaban J connectivity index is 0.00000364. The van der Waals surface area contributed by atoms with Crippen molar-refractivity contribution in [3.8, 4) is 0 Å². The Kier molecular flexibility index (Phi) is 8.88. The standard InChI is InChI=1S/C19H27N3O4.ClH/c1-13(19(26)20-16-6-4-15(5-7-16)14(2)23)22-10-8-17(9-11-22)21(3)12-18(24)25;/h4-7,13,17H,8-12H2,1-3H3,(H,20,26)(H,24,25);1H. The van der Waals surface area contributed by atoms with Gasteiger partial charge in [0.05, 0.1) is 12.6 Å². The number of amides is 1. The predicted molar refractivity (Wildman–Crippen MR) is 107 cm³/mol. The number of rotatable bonds is 7. The molecule has 1 unspecified atom stereocenters. The minimum atomic E-state index is -0.821. The van der Waals surface area contributed by atoms with Gasteiger partial charge < -0.3 is 10.4 Å². The molecule has 1 amide bonds. The van der Waals surface area contributed by atoms with Gasteiger partial charge in [-0.2, -0.15) is 0 Å². The van der Waals surface area contributed by atoms with Crippen molar-refractivity contribution >= 4 is 35.8 Å². The van der Waals surface area contributed by atoms with Crippen LogP contribution in [0.1, 0.15) is 37.0 Å². The highest BCUT2D eigenvalue weighted by Gasteiger charge is 2.28. The van der Waals surface area contributed by atoms with Crippen molar-refractivity contribution in [2.45, 2.75) is 38.8 Å².